The van der Waals surface area contributed by atoms with E-state index in [0.29, 0.717) is 22.2 Å². The molecule has 0 saturated heterocycles. The van der Waals surface area contributed by atoms with Gasteiger partial charge in [-0.15, -0.1) is 21.8 Å². The second-order valence-corrected chi connectivity index (χ2v) is 3.93. The van der Waals surface area contributed by atoms with Gasteiger partial charge in [0.05, 0.1) is 10.9 Å². The molecule has 0 aliphatic carbocycles. The third-order valence-electron chi connectivity index (χ3n) is 2.26. The second kappa shape index (κ2) is 4.39. The lowest BCUT2D eigenvalue weighted by Crippen LogP contribution is -1.97. The Balaban J connectivity index is 2.54. The van der Waals surface area contributed by atoms with Gasteiger partial charge in [-0.25, -0.2) is 4.39 Å². The summed E-state index contributed by atoms with van der Waals surface area (Å²) in [7, 11) is 1.78. The molecule has 0 N–H and O–H groups in total. The summed E-state index contributed by atoms with van der Waals surface area (Å²) in [4.78, 5) is 0. The van der Waals surface area contributed by atoms with Crippen LogP contribution in [0.1, 0.15) is 5.82 Å². The largest absolute Gasteiger partial charge is 0.313 e. The molecule has 2 aromatic rings. The molecule has 0 bridgehead atoms. The van der Waals surface area contributed by atoms with Gasteiger partial charge in [0.2, 0.25) is 0 Å². The molecule has 1 aromatic heterocycles. The number of hydrogen-bond donors (Lipinski definition) is 0. The monoisotopic (exact) mass is 259 g/mol. The minimum atomic E-state index is -0.381. The van der Waals surface area contributed by atoms with Crippen LogP contribution in [0.25, 0.3) is 11.4 Å². The summed E-state index contributed by atoms with van der Waals surface area (Å²) in [5.74, 6) is 1.09. The van der Waals surface area contributed by atoms with E-state index in [1.54, 1.807) is 17.7 Å². The van der Waals surface area contributed by atoms with E-state index in [4.69, 9.17) is 23.2 Å². The SMILES string of the molecule is Cn1c(CCl)nnc1-c1ccc(F)cc1Cl. The van der Waals surface area contributed by atoms with Crippen molar-refractivity contribution >= 4 is 23.2 Å². The van der Waals surface area contributed by atoms with Crippen LogP contribution in [0.2, 0.25) is 5.02 Å². The molecule has 6 heteroatoms. The molecule has 0 fully saturated rings. The number of benzene rings is 1. The molecule has 1 heterocycles. The van der Waals surface area contributed by atoms with E-state index in [-0.39, 0.29) is 11.7 Å². The average molecular weight is 260 g/mol. The second-order valence-electron chi connectivity index (χ2n) is 3.26. The van der Waals surface area contributed by atoms with Crippen LogP contribution in [0.15, 0.2) is 18.2 Å². The fourth-order valence-electron chi connectivity index (χ4n) is 1.38. The van der Waals surface area contributed by atoms with E-state index >= 15 is 0 Å². The molecule has 0 atom stereocenters. The van der Waals surface area contributed by atoms with Gasteiger partial charge >= 0.3 is 0 Å². The smallest absolute Gasteiger partial charge is 0.165 e. The lowest BCUT2D eigenvalue weighted by Gasteiger charge is -2.04. The van der Waals surface area contributed by atoms with Gasteiger partial charge in [-0.1, -0.05) is 11.6 Å². The maximum absolute atomic E-state index is 12.9. The summed E-state index contributed by atoms with van der Waals surface area (Å²) in [6, 6.07) is 4.14. The quantitative estimate of drug-likeness (QED) is 0.777. The molecule has 16 heavy (non-hydrogen) atoms. The van der Waals surface area contributed by atoms with Crippen molar-refractivity contribution in [2.45, 2.75) is 5.88 Å². The highest BCUT2D eigenvalue weighted by molar-refractivity contribution is 6.33. The topological polar surface area (TPSA) is 30.7 Å². The molecular formula is C10H8Cl2FN3. The normalized spacial score (nSPS) is 10.8. The first-order valence-electron chi connectivity index (χ1n) is 4.53. The lowest BCUT2D eigenvalue weighted by atomic mass is 10.2. The molecule has 1 aromatic carbocycles. The number of rotatable bonds is 2. The van der Waals surface area contributed by atoms with Gasteiger partial charge in [-0.3, -0.25) is 0 Å². The van der Waals surface area contributed by atoms with Gasteiger partial charge in [0.15, 0.2) is 5.82 Å². The van der Waals surface area contributed by atoms with E-state index in [0.717, 1.165) is 0 Å². The van der Waals surface area contributed by atoms with E-state index in [1.807, 2.05) is 0 Å². The van der Waals surface area contributed by atoms with Crippen molar-refractivity contribution in [3.63, 3.8) is 0 Å². The van der Waals surface area contributed by atoms with Crippen molar-refractivity contribution in [1.29, 1.82) is 0 Å². The summed E-state index contributed by atoms with van der Waals surface area (Å²) < 4.78 is 14.6. The zero-order chi connectivity index (χ0) is 11.7. The third-order valence-corrected chi connectivity index (χ3v) is 2.81. The molecule has 0 radical (unpaired) electrons. The first kappa shape index (κ1) is 11.4. The summed E-state index contributed by atoms with van der Waals surface area (Å²) in [6.45, 7) is 0. The number of alkyl halides is 1. The van der Waals surface area contributed by atoms with Gasteiger partial charge < -0.3 is 4.57 Å². The summed E-state index contributed by atoms with van der Waals surface area (Å²) >= 11 is 11.6. The van der Waals surface area contributed by atoms with E-state index < -0.39 is 0 Å². The van der Waals surface area contributed by atoms with Crippen LogP contribution in [0.3, 0.4) is 0 Å². The van der Waals surface area contributed by atoms with Crippen LogP contribution in [-0.4, -0.2) is 14.8 Å². The highest BCUT2D eigenvalue weighted by Gasteiger charge is 2.13. The minimum Gasteiger partial charge on any atom is -0.313 e. The Hall–Kier alpha value is -1.13. The fraction of sp³-hybridized carbons (Fsp3) is 0.200. The van der Waals surface area contributed by atoms with Gasteiger partial charge in [-0.2, -0.15) is 0 Å². The van der Waals surface area contributed by atoms with E-state index in [9.17, 15) is 4.39 Å². The van der Waals surface area contributed by atoms with Gasteiger partial charge in [0.25, 0.3) is 0 Å². The summed E-state index contributed by atoms with van der Waals surface area (Å²) in [5.41, 5.74) is 0.634. The average Bonchev–Trinajstić information content (AvgIpc) is 2.60. The van der Waals surface area contributed by atoms with Gasteiger partial charge in [0.1, 0.15) is 11.6 Å². The standard InChI is InChI=1S/C10H8Cl2FN3/c1-16-9(5-11)14-15-10(16)7-3-2-6(13)4-8(7)12/h2-4H,5H2,1H3. The molecule has 0 aliphatic rings. The van der Waals surface area contributed by atoms with Crippen LogP contribution in [-0.2, 0) is 12.9 Å². The zero-order valence-corrected chi connectivity index (χ0v) is 9.93. The molecule has 0 amide bonds. The van der Waals surface area contributed by atoms with Crippen molar-refractivity contribution < 1.29 is 4.39 Å². The highest BCUT2D eigenvalue weighted by Crippen LogP contribution is 2.27. The van der Waals surface area contributed by atoms with Crippen molar-refractivity contribution in [3.8, 4) is 11.4 Å². The molecule has 0 unspecified atom stereocenters. The molecule has 84 valence electrons. The number of aromatic nitrogens is 3. The fourth-order valence-corrected chi connectivity index (χ4v) is 1.87. The molecule has 3 nitrogen and oxygen atoms in total. The van der Waals surface area contributed by atoms with Crippen LogP contribution >= 0.6 is 23.2 Å². The maximum Gasteiger partial charge on any atom is 0.165 e. The number of nitrogens with zero attached hydrogens (tertiary/aromatic N) is 3. The van der Waals surface area contributed by atoms with Gasteiger partial charge in [-0.05, 0) is 18.2 Å². The van der Waals surface area contributed by atoms with Crippen LogP contribution in [0, 0.1) is 5.82 Å². The maximum atomic E-state index is 12.9. The summed E-state index contributed by atoms with van der Waals surface area (Å²) in [6.07, 6.45) is 0. The first-order chi connectivity index (χ1) is 7.63. The Labute approximate surface area is 102 Å². The van der Waals surface area contributed by atoms with E-state index in [1.165, 1.54) is 12.1 Å². The Kier molecular flexibility index (Phi) is 3.12. The molecular weight excluding hydrogens is 252 g/mol. The van der Waals surface area contributed by atoms with Crippen molar-refractivity contribution in [3.05, 3.63) is 34.9 Å². The van der Waals surface area contributed by atoms with Crippen molar-refractivity contribution in [2.24, 2.45) is 7.05 Å². The molecule has 0 spiro atoms. The minimum absolute atomic E-state index is 0.266. The first-order valence-corrected chi connectivity index (χ1v) is 5.44. The van der Waals surface area contributed by atoms with Crippen LogP contribution in [0.5, 0.6) is 0 Å². The predicted octanol–water partition coefficient (Wildman–Crippen LogP) is 3.01. The Morgan fingerprint density at radius 1 is 1.38 bits per heavy atom. The third kappa shape index (κ3) is 1.90. The molecule has 2 rings (SSSR count). The van der Waals surface area contributed by atoms with Crippen molar-refractivity contribution in [1.82, 2.24) is 14.8 Å². The Morgan fingerprint density at radius 2 is 2.12 bits per heavy atom. The highest BCUT2D eigenvalue weighted by atomic mass is 35.5. The molecule has 0 aliphatic heterocycles. The van der Waals surface area contributed by atoms with Crippen LogP contribution in [0.4, 0.5) is 4.39 Å². The number of hydrogen-bond acceptors (Lipinski definition) is 2. The van der Waals surface area contributed by atoms with Gasteiger partial charge in [0, 0.05) is 12.6 Å². The Bertz CT molecular complexity index is 525. The van der Waals surface area contributed by atoms with Crippen LogP contribution < -0.4 is 0 Å². The number of halogens is 3. The zero-order valence-electron chi connectivity index (χ0n) is 8.41. The predicted molar refractivity (Wildman–Crippen MR) is 61.0 cm³/mol. The van der Waals surface area contributed by atoms with Crippen molar-refractivity contribution in [2.75, 3.05) is 0 Å². The Morgan fingerprint density at radius 3 is 2.69 bits per heavy atom. The summed E-state index contributed by atoms with van der Waals surface area (Å²) in [5, 5.41) is 8.17. The lowest BCUT2D eigenvalue weighted by molar-refractivity contribution is 0.628. The van der Waals surface area contributed by atoms with E-state index in [2.05, 4.69) is 10.2 Å². The molecule has 0 saturated carbocycles.